The summed E-state index contributed by atoms with van der Waals surface area (Å²) in [5, 5.41) is 2.55. The molecule has 2 rings (SSSR count). The van der Waals surface area contributed by atoms with Gasteiger partial charge in [-0.1, -0.05) is 29.8 Å². The number of carbonyl (C=O) groups is 1. The Morgan fingerprint density at radius 3 is 2.20 bits per heavy atom. The first kappa shape index (κ1) is 19.3. The summed E-state index contributed by atoms with van der Waals surface area (Å²) in [5.74, 6) is -2.75. The number of anilines is 1. The highest BCUT2D eigenvalue weighted by molar-refractivity contribution is 7.88. The second-order valence-corrected chi connectivity index (χ2v) is 7.72. The van der Waals surface area contributed by atoms with E-state index in [1.54, 1.807) is 24.3 Å². The molecule has 0 radical (unpaired) electrons. The molecule has 0 heterocycles. The summed E-state index contributed by atoms with van der Waals surface area (Å²) < 4.78 is 51.8. The SMILES string of the molecule is CS(=O)(=O)N(CC(=O)Nc1c(F)cccc1F)Cc1ccc(Cl)cc1. The molecule has 134 valence electrons. The molecule has 9 heteroatoms. The van der Waals surface area contributed by atoms with Crippen LogP contribution in [0.3, 0.4) is 0 Å². The molecule has 0 aliphatic carbocycles. The minimum Gasteiger partial charge on any atom is -0.320 e. The van der Waals surface area contributed by atoms with Crippen LogP contribution in [0, 0.1) is 11.6 Å². The van der Waals surface area contributed by atoms with Crippen molar-refractivity contribution in [2.75, 3.05) is 18.1 Å². The average molecular weight is 389 g/mol. The summed E-state index contributed by atoms with van der Waals surface area (Å²) in [6.45, 7) is -0.668. The van der Waals surface area contributed by atoms with Crippen LogP contribution < -0.4 is 5.32 Å². The van der Waals surface area contributed by atoms with E-state index in [2.05, 4.69) is 5.32 Å². The summed E-state index contributed by atoms with van der Waals surface area (Å²) in [6, 6.07) is 9.55. The van der Waals surface area contributed by atoms with Gasteiger partial charge in [-0.25, -0.2) is 17.2 Å². The number of carbonyl (C=O) groups excluding carboxylic acids is 1. The number of halogens is 3. The van der Waals surface area contributed by atoms with Gasteiger partial charge in [-0.2, -0.15) is 4.31 Å². The molecular formula is C16H15ClF2N2O3S. The highest BCUT2D eigenvalue weighted by atomic mass is 35.5. The third-order valence-corrected chi connectivity index (χ3v) is 4.74. The minimum atomic E-state index is -3.73. The molecule has 0 bridgehead atoms. The summed E-state index contributed by atoms with van der Waals surface area (Å²) in [6.07, 6.45) is 0.944. The zero-order chi connectivity index (χ0) is 18.6. The van der Waals surface area contributed by atoms with Gasteiger partial charge in [0, 0.05) is 11.6 Å². The lowest BCUT2D eigenvalue weighted by Gasteiger charge is -2.20. The van der Waals surface area contributed by atoms with Gasteiger partial charge in [0.25, 0.3) is 0 Å². The first-order valence-electron chi connectivity index (χ1n) is 7.10. The van der Waals surface area contributed by atoms with Crippen molar-refractivity contribution in [1.29, 1.82) is 0 Å². The van der Waals surface area contributed by atoms with E-state index in [0.717, 1.165) is 28.8 Å². The normalized spacial score (nSPS) is 11.6. The van der Waals surface area contributed by atoms with Crippen LogP contribution in [0.5, 0.6) is 0 Å². The van der Waals surface area contributed by atoms with Crippen LogP contribution in [0.2, 0.25) is 5.02 Å². The van der Waals surface area contributed by atoms with E-state index in [0.29, 0.717) is 10.6 Å². The third-order valence-electron chi connectivity index (χ3n) is 3.29. The zero-order valence-corrected chi connectivity index (χ0v) is 14.7. The van der Waals surface area contributed by atoms with Gasteiger partial charge >= 0.3 is 0 Å². The second-order valence-electron chi connectivity index (χ2n) is 5.30. The molecule has 0 saturated heterocycles. The lowest BCUT2D eigenvalue weighted by Crippen LogP contribution is -2.37. The standard InChI is InChI=1S/C16H15ClF2N2O3S/c1-25(23,24)21(9-11-5-7-12(17)8-6-11)10-15(22)20-16-13(18)3-2-4-14(16)19/h2-8H,9-10H2,1H3,(H,20,22). The Labute approximate surface area is 149 Å². The fraction of sp³-hybridized carbons (Fsp3) is 0.188. The summed E-state index contributed by atoms with van der Waals surface area (Å²) in [4.78, 5) is 12.0. The predicted octanol–water partition coefficient (Wildman–Crippen LogP) is 3.02. The number of benzene rings is 2. The third kappa shape index (κ3) is 5.48. The molecule has 0 unspecified atom stereocenters. The maximum absolute atomic E-state index is 13.6. The number of nitrogens with one attached hydrogen (secondary N) is 1. The number of hydrogen-bond donors (Lipinski definition) is 1. The number of rotatable bonds is 6. The molecule has 25 heavy (non-hydrogen) atoms. The Morgan fingerprint density at radius 2 is 1.68 bits per heavy atom. The van der Waals surface area contributed by atoms with E-state index in [-0.39, 0.29) is 6.54 Å². The van der Waals surface area contributed by atoms with Gasteiger partial charge in [-0.3, -0.25) is 4.79 Å². The predicted molar refractivity (Wildman–Crippen MR) is 91.7 cm³/mol. The van der Waals surface area contributed by atoms with Crippen molar-refractivity contribution < 1.29 is 22.0 Å². The van der Waals surface area contributed by atoms with Crippen LogP contribution >= 0.6 is 11.6 Å². The molecule has 2 aromatic carbocycles. The highest BCUT2D eigenvalue weighted by Gasteiger charge is 2.22. The van der Waals surface area contributed by atoms with Crippen molar-refractivity contribution in [2.24, 2.45) is 0 Å². The van der Waals surface area contributed by atoms with Gasteiger partial charge in [-0.05, 0) is 29.8 Å². The topological polar surface area (TPSA) is 66.5 Å². The Balaban J connectivity index is 2.14. The summed E-state index contributed by atoms with van der Waals surface area (Å²) in [5.41, 5.74) is -0.00728. The fourth-order valence-corrected chi connectivity index (χ4v) is 2.90. The van der Waals surface area contributed by atoms with Crippen molar-refractivity contribution in [1.82, 2.24) is 4.31 Å². The number of para-hydroxylation sites is 1. The lowest BCUT2D eigenvalue weighted by atomic mass is 10.2. The molecule has 1 N–H and O–H groups in total. The van der Waals surface area contributed by atoms with E-state index >= 15 is 0 Å². The average Bonchev–Trinajstić information content (AvgIpc) is 2.51. The molecule has 0 aromatic heterocycles. The van der Waals surface area contributed by atoms with Gasteiger partial charge < -0.3 is 5.32 Å². The first-order valence-corrected chi connectivity index (χ1v) is 9.33. The van der Waals surface area contributed by atoms with Crippen LogP contribution in [0.1, 0.15) is 5.56 Å². The van der Waals surface area contributed by atoms with E-state index in [1.165, 1.54) is 0 Å². The lowest BCUT2D eigenvalue weighted by molar-refractivity contribution is -0.116. The molecule has 2 aromatic rings. The van der Waals surface area contributed by atoms with Crippen molar-refractivity contribution in [3.8, 4) is 0 Å². The number of hydrogen-bond acceptors (Lipinski definition) is 3. The smallest absolute Gasteiger partial charge is 0.239 e. The number of nitrogens with zero attached hydrogens (tertiary/aromatic N) is 1. The van der Waals surface area contributed by atoms with E-state index in [1.807, 2.05) is 0 Å². The molecule has 0 saturated carbocycles. The monoisotopic (exact) mass is 388 g/mol. The van der Waals surface area contributed by atoms with Crippen molar-refractivity contribution in [3.05, 3.63) is 64.7 Å². The largest absolute Gasteiger partial charge is 0.320 e. The van der Waals surface area contributed by atoms with Crippen LogP contribution in [-0.4, -0.2) is 31.4 Å². The van der Waals surface area contributed by atoms with Gasteiger partial charge in [0.05, 0.1) is 12.8 Å². The van der Waals surface area contributed by atoms with E-state index in [9.17, 15) is 22.0 Å². The Bertz CT molecular complexity index is 853. The zero-order valence-electron chi connectivity index (χ0n) is 13.2. The Hall–Kier alpha value is -2.03. The summed E-state index contributed by atoms with van der Waals surface area (Å²) in [7, 11) is -3.73. The van der Waals surface area contributed by atoms with Gasteiger partial charge in [0.15, 0.2) is 0 Å². The fourth-order valence-electron chi connectivity index (χ4n) is 2.04. The molecule has 0 atom stereocenters. The molecule has 0 spiro atoms. The van der Waals surface area contributed by atoms with Crippen LogP contribution in [0.15, 0.2) is 42.5 Å². The maximum atomic E-state index is 13.6. The van der Waals surface area contributed by atoms with E-state index in [4.69, 9.17) is 11.6 Å². The quantitative estimate of drug-likeness (QED) is 0.827. The first-order chi connectivity index (χ1) is 11.7. The van der Waals surface area contributed by atoms with Crippen LogP contribution in [-0.2, 0) is 21.4 Å². The van der Waals surface area contributed by atoms with Gasteiger partial charge in [-0.15, -0.1) is 0 Å². The van der Waals surface area contributed by atoms with E-state index < -0.39 is 39.8 Å². The number of amides is 1. The molecule has 0 aliphatic rings. The Morgan fingerprint density at radius 1 is 1.12 bits per heavy atom. The van der Waals surface area contributed by atoms with Gasteiger partial charge in [0.1, 0.15) is 17.3 Å². The second kappa shape index (κ2) is 7.90. The molecule has 0 fully saturated rings. The van der Waals surface area contributed by atoms with Crippen molar-refractivity contribution >= 4 is 33.2 Å². The van der Waals surface area contributed by atoms with Crippen LogP contribution in [0.25, 0.3) is 0 Å². The van der Waals surface area contributed by atoms with Crippen LogP contribution in [0.4, 0.5) is 14.5 Å². The number of sulfonamides is 1. The minimum absolute atomic E-state index is 0.0802. The maximum Gasteiger partial charge on any atom is 0.239 e. The molecule has 5 nitrogen and oxygen atoms in total. The molecular weight excluding hydrogens is 374 g/mol. The Kier molecular flexibility index (Phi) is 6.10. The summed E-state index contributed by atoms with van der Waals surface area (Å²) >= 11 is 5.78. The van der Waals surface area contributed by atoms with Gasteiger partial charge in [0.2, 0.25) is 15.9 Å². The highest BCUT2D eigenvalue weighted by Crippen LogP contribution is 2.18. The van der Waals surface area contributed by atoms with Crippen molar-refractivity contribution in [3.63, 3.8) is 0 Å². The molecule has 0 aliphatic heterocycles. The van der Waals surface area contributed by atoms with Crippen molar-refractivity contribution in [2.45, 2.75) is 6.54 Å². The molecule has 1 amide bonds.